The van der Waals surface area contributed by atoms with Crippen molar-refractivity contribution in [3.63, 3.8) is 0 Å². The van der Waals surface area contributed by atoms with Gasteiger partial charge in [0.2, 0.25) is 0 Å². The summed E-state index contributed by atoms with van der Waals surface area (Å²) >= 11 is 0. The molecule has 2 N–H and O–H groups in total. The van der Waals surface area contributed by atoms with Gasteiger partial charge in [0.1, 0.15) is 5.52 Å². The van der Waals surface area contributed by atoms with Crippen LogP contribution in [0.15, 0.2) is 28.8 Å². The molecule has 3 heterocycles. The van der Waals surface area contributed by atoms with Crippen molar-refractivity contribution in [1.29, 1.82) is 0 Å². The molecule has 0 saturated carbocycles. The van der Waals surface area contributed by atoms with E-state index in [0.717, 1.165) is 42.6 Å². The van der Waals surface area contributed by atoms with Gasteiger partial charge in [-0.15, -0.1) is 17.5 Å². The predicted octanol–water partition coefficient (Wildman–Crippen LogP) is 2.05. The zero-order valence-corrected chi connectivity index (χ0v) is 16.0. The summed E-state index contributed by atoms with van der Waals surface area (Å²) in [5, 5.41) is 14.3. The Bertz CT molecular complexity index is 916. The lowest BCUT2D eigenvalue weighted by molar-refractivity contribution is 0.0948. The maximum absolute atomic E-state index is 12.3. The van der Waals surface area contributed by atoms with Crippen LogP contribution in [0.3, 0.4) is 0 Å². The van der Waals surface area contributed by atoms with Crippen LogP contribution in [0.2, 0.25) is 0 Å². The molecule has 3 aromatic rings. The van der Waals surface area contributed by atoms with E-state index in [0.29, 0.717) is 30.6 Å². The van der Waals surface area contributed by atoms with Gasteiger partial charge in [-0.3, -0.25) is 4.79 Å². The fourth-order valence-electron chi connectivity index (χ4n) is 3.24. The molecule has 9 heteroatoms. The summed E-state index contributed by atoms with van der Waals surface area (Å²) in [7, 11) is 0. The first-order chi connectivity index (χ1) is 12.7. The Balaban J connectivity index is 0.00000210. The molecule has 1 amide bonds. The number of nitrogens with one attached hydrogen (secondary N) is 2. The summed E-state index contributed by atoms with van der Waals surface area (Å²) in [6.45, 7) is 4.37. The number of fused-ring (bicyclic) bond motifs is 1. The van der Waals surface area contributed by atoms with Crippen molar-refractivity contribution in [1.82, 2.24) is 30.6 Å². The van der Waals surface area contributed by atoms with E-state index in [-0.39, 0.29) is 18.3 Å². The molecule has 0 radical (unpaired) electrons. The van der Waals surface area contributed by atoms with Crippen molar-refractivity contribution >= 4 is 29.4 Å². The lowest BCUT2D eigenvalue weighted by Crippen LogP contribution is -2.29. The molecule has 4 rings (SSSR count). The van der Waals surface area contributed by atoms with E-state index in [9.17, 15) is 4.79 Å². The molecule has 1 saturated heterocycles. The van der Waals surface area contributed by atoms with Crippen molar-refractivity contribution in [2.75, 3.05) is 19.6 Å². The van der Waals surface area contributed by atoms with Gasteiger partial charge in [-0.1, -0.05) is 17.3 Å². The smallest absolute Gasteiger partial charge is 0.273 e. The standard InChI is InChI=1S/C18H22N6O2.ClH/c1-12-3-2-4-15-17(12)21-16(26-15)7-10-20-18(25)14-11-24(23-22-14)13-5-8-19-9-6-13;/h2-4,11,13,19H,5-10H2,1H3,(H,20,25);1H. The summed E-state index contributed by atoms with van der Waals surface area (Å²) in [4.78, 5) is 16.8. The predicted molar refractivity (Wildman–Crippen MR) is 103 cm³/mol. The van der Waals surface area contributed by atoms with Gasteiger partial charge in [-0.05, 0) is 44.5 Å². The Hall–Kier alpha value is -2.45. The van der Waals surface area contributed by atoms with Crippen LogP contribution < -0.4 is 10.6 Å². The molecule has 1 fully saturated rings. The lowest BCUT2D eigenvalue weighted by atomic mass is 10.1. The minimum Gasteiger partial charge on any atom is -0.441 e. The highest BCUT2D eigenvalue weighted by Crippen LogP contribution is 2.19. The number of rotatable bonds is 5. The van der Waals surface area contributed by atoms with Crippen LogP contribution in [0.5, 0.6) is 0 Å². The SMILES string of the molecule is Cc1cccc2oc(CCNC(=O)c3cn(C4CCNCC4)nn3)nc12.Cl. The maximum atomic E-state index is 12.3. The minimum atomic E-state index is -0.225. The number of benzene rings is 1. The van der Waals surface area contributed by atoms with E-state index in [1.54, 1.807) is 10.9 Å². The second kappa shape index (κ2) is 8.49. The Labute approximate surface area is 163 Å². The number of piperidine rings is 1. The van der Waals surface area contributed by atoms with Gasteiger partial charge in [0.05, 0.1) is 12.2 Å². The zero-order chi connectivity index (χ0) is 17.9. The third-order valence-corrected chi connectivity index (χ3v) is 4.72. The molecule has 1 aliphatic rings. The number of oxazole rings is 1. The highest BCUT2D eigenvalue weighted by Gasteiger charge is 2.18. The Morgan fingerprint density at radius 2 is 2.19 bits per heavy atom. The number of aryl methyl sites for hydroxylation is 1. The maximum Gasteiger partial charge on any atom is 0.273 e. The van der Waals surface area contributed by atoms with E-state index in [1.165, 1.54) is 0 Å². The Kier molecular flexibility index (Phi) is 6.08. The van der Waals surface area contributed by atoms with E-state index < -0.39 is 0 Å². The van der Waals surface area contributed by atoms with Gasteiger partial charge < -0.3 is 15.1 Å². The third-order valence-electron chi connectivity index (χ3n) is 4.72. The van der Waals surface area contributed by atoms with Crippen LogP contribution in [0.4, 0.5) is 0 Å². The molecular formula is C18H23ClN6O2. The molecule has 0 bridgehead atoms. The van der Waals surface area contributed by atoms with Gasteiger partial charge in [0.25, 0.3) is 5.91 Å². The highest BCUT2D eigenvalue weighted by molar-refractivity contribution is 5.91. The molecule has 1 aromatic carbocycles. The fourth-order valence-corrected chi connectivity index (χ4v) is 3.24. The van der Waals surface area contributed by atoms with Crippen LogP contribution >= 0.6 is 12.4 Å². The molecule has 0 spiro atoms. The average molecular weight is 391 g/mol. The molecule has 2 aromatic heterocycles. The van der Waals surface area contributed by atoms with Crippen molar-refractivity contribution in [3.8, 4) is 0 Å². The second-order valence-electron chi connectivity index (χ2n) is 6.60. The summed E-state index contributed by atoms with van der Waals surface area (Å²) in [5.41, 5.74) is 3.07. The molecular weight excluding hydrogens is 368 g/mol. The quantitative estimate of drug-likeness (QED) is 0.691. The van der Waals surface area contributed by atoms with Crippen molar-refractivity contribution in [2.45, 2.75) is 32.2 Å². The molecule has 0 unspecified atom stereocenters. The summed E-state index contributed by atoms with van der Waals surface area (Å²) < 4.78 is 7.52. The molecule has 144 valence electrons. The fraction of sp³-hybridized carbons (Fsp3) is 0.444. The third kappa shape index (κ3) is 4.28. The molecule has 1 aliphatic heterocycles. The van der Waals surface area contributed by atoms with Crippen LogP contribution in [0, 0.1) is 6.92 Å². The van der Waals surface area contributed by atoms with E-state index in [4.69, 9.17) is 4.42 Å². The number of hydrogen-bond acceptors (Lipinski definition) is 6. The highest BCUT2D eigenvalue weighted by atomic mass is 35.5. The number of carbonyl (C=O) groups excluding carboxylic acids is 1. The van der Waals surface area contributed by atoms with Crippen molar-refractivity contribution in [2.24, 2.45) is 0 Å². The largest absolute Gasteiger partial charge is 0.441 e. The number of aromatic nitrogens is 4. The van der Waals surface area contributed by atoms with Gasteiger partial charge >= 0.3 is 0 Å². The first kappa shape index (κ1) is 19.3. The van der Waals surface area contributed by atoms with Gasteiger partial charge in [0.15, 0.2) is 17.2 Å². The topological polar surface area (TPSA) is 97.9 Å². The summed E-state index contributed by atoms with van der Waals surface area (Å²) in [5.74, 6) is 0.394. The van der Waals surface area contributed by atoms with E-state index >= 15 is 0 Å². The average Bonchev–Trinajstić information content (AvgIpc) is 3.30. The lowest BCUT2D eigenvalue weighted by Gasteiger charge is -2.22. The first-order valence-corrected chi connectivity index (χ1v) is 8.96. The number of halogens is 1. The molecule has 27 heavy (non-hydrogen) atoms. The number of amides is 1. The van der Waals surface area contributed by atoms with Crippen LogP contribution in [0.1, 0.15) is 40.8 Å². The molecule has 8 nitrogen and oxygen atoms in total. The zero-order valence-electron chi connectivity index (χ0n) is 15.1. The van der Waals surface area contributed by atoms with E-state index in [2.05, 4.69) is 25.9 Å². The van der Waals surface area contributed by atoms with Crippen molar-refractivity contribution < 1.29 is 9.21 Å². The summed E-state index contributed by atoms with van der Waals surface area (Å²) in [6, 6.07) is 6.16. The number of nitrogens with zero attached hydrogens (tertiary/aromatic N) is 4. The van der Waals surface area contributed by atoms with Crippen LogP contribution in [-0.2, 0) is 6.42 Å². The first-order valence-electron chi connectivity index (χ1n) is 8.96. The van der Waals surface area contributed by atoms with Crippen LogP contribution in [0.25, 0.3) is 11.1 Å². The number of hydrogen-bond donors (Lipinski definition) is 2. The monoisotopic (exact) mass is 390 g/mol. The van der Waals surface area contributed by atoms with Gasteiger partial charge in [0, 0.05) is 13.0 Å². The van der Waals surface area contributed by atoms with E-state index in [1.807, 2.05) is 25.1 Å². The van der Waals surface area contributed by atoms with Gasteiger partial charge in [-0.25, -0.2) is 9.67 Å². The minimum absolute atomic E-state index is 0. The van der Waals surface area contributed by atoms with Crippen molar-refractivity contribution in [3.05, 3.63) is 41.5 Å². The van der Waals surface area contributed by atoms with Gasteiger partial charge in [-0.2, -0.15) is 0 Å². The molecule has 0 atom stereocenters. The second-order valence-corrected chi connectivity index (χ2v) is 6.60. The Morgan fingerprint density at radius 3 is 2.96 bits per heavy atom. The number of carbonyl (C=O) groups is 1. The normalized spacial score (nSPS) is 14.9. The van der Waals surface area contributed by atoms with Crippen LogP contribution in [-0.4, -0.2) is 45.5 Å². The number of para-hydroxylation sites is 1. The Morgan fingerprint density at radius 1 is 1.37 bits per heavy atom. The molecule has 0 aliphatic carbocycles. The summed E-state index contributed by atoms with van der Waals surface area (Å²) in [6.07, 6.45) is 4.26.